The van der Waals surface area contributed by atoms with E-state index in [-0.39, 0.29) is 0 Å². The topological polar surface area (TPSA) is 48.2 Å². The number of rotatable bonds is 12. The van der Waals surface area contributed by atoms with Gasteiger partial charge in [-0.2, -0.15) is 0 Å². The van der Waals surface area contributed by atoms with Gasteiger partial charge in [-0.1, -0.05) is 130 Å². The lowest BCUT2D eigenvalue weighted by Crippen LogP contribution is -2.04. The first kappa shape index (κ1) is 39.6. The standard InChI is InChI=1S/C19H22N2.C6H11N.C6H14.2C2H6/c1-5-16-7-9-17(10-8-16)11-12-18(14-21-4)19(6-2)15(3)13-20;1-5(7-2)6-3-4-6;1-3-5-6-4-2;2*1-2/h6-14,20H,2,4-5H2,1,3H3;6-7H,1,3-4H2,2H3;3-6H2,1-2H3;2*1-2H3/b12-11+,18-14-,19-15+,20-13?;;;;. The molecule has 0 atom stereocenters. The number of nitrogens with zero attached hydrogens (tertiary/aromatic N) is 1. The van der Waals surface area contributed by atoms with Gasteiger partial charge in [0, 0.05) is 30.7 Å². The molecule has 0 aliphatic heterocycles. The molecule has 1 aromatic carbocycles. The van der Waals surface area contributed by atoms with Crippen molar-refractivity contribution in [2.24, 2.45) is 10.9 Å². The third-order valence-corrected chi connectivity index (χ3v) is 5.58. The average Bonchev–Trinajstić information content (AvgIpc) is 3.83. The smallest absolute Gasteiger partial charge is 0.0339 e. The summed E-state index contributed by atoms with van der Waals surface area (Å²) in [5.41, 5.74) is 6.27. The SMILES string of the molecule is C=C(NC)C1CC1.C=CC(/C(=C\N=C)/C=C/c1ccc(CC)cc1)=C(/C)C=N.CC.CC.CCCCCC. The van der Waals surface area contributed by atoms with Crippen LogP contribution in [0.15, 0.2) is 83.2 Å². The predicted molar refractivity (Wildman–Crippen MR) is 178 cm³/mol. The normalized spacial score (nSPS) is 12.4. The summed E-state index contributed by atoms with van der Waals surface area (Å²) in [6, 6.07) is 8.44. The molecule has 214 valence electrons. The fourth-order valence-corrected chi connectivity index (χ4v) is 3.07. The third kappa shape index (κ3) is 20.2. The van der Waals surface area contributed by atoms with E-state index in [1.54, 1.807) is 12.3 Å². The fourth-order valence-electron chi connectivity index (χ4n) is 3.07. The summed E-state index contributed by atoms with van der Waals surface area (Å²) < 4.78 is 0. The molecule has 0 saturated heterocycles. The van der Waals surface area contributed by atoms with Crippen molar-refractivity contribution in [3.05, 3.63) is 89.3 Å². The van der Waals surface area contributed by atoms with E-state index in [9.17, 15) is 0 Å². The van der Waals surface area contributed by atoms with Crippen molar-refractivity contribution in [1.82, 2.24) is 5.32 Å². The van der Waals surface area contributed by atoms with Gasteiger partial charge in [-0.05, 0) is 61.1 Å². The number of hydrogen-bond acceptors (Lipinski definition) is 3. The third-order valence-electron chi connectivity index (χ3n) is 5.58. The lowest BCUT2D eigenvalue weighted by atomic mass is 10.0. The molecular formula is C35H59N3. The van der Waals surface area contributed by atoms with E-state index in [4.69, 9.17) is 5.41 Å². The van der Waals surface area contributed by atoms with Crippen molar-refractivity contribution in [1.29, 1.82) is 5.41 Å². The van der Waals surface area contributed by atoms with E-state index in [0.717, 1.165) is 34.6 Å². The molecule has 0 radical (unpaired) electrons. The van der Waals surface area contributed by atoms with Crippen LogP contribution in [0.3, 0.4) is 0 Å². The minimum atomic E-state index is 0.810. The second-order valence-electron chi connectivity index (χ2n) is 8.40. The van der Waals surface area contributed by atoms with Gasteiger partial charge in [0.25, 0.3) is 0 Å². The van der Waals surface area contributed by atoms with Crippen LogP contribution in [-0.2, 0) is 6.42 Å². The zero-order valence-electron chi connectivity index (χ0n) is 26.3. The van der Waals surface area contributed by atoms with Gasteiger partial charge in [-0.25, -0.2) is 0 Å². The number of hydrogen-bond donors (Lipinski definition) is 2. The minimum absolute atomic E-state index is 0.810. The van der Waals surface area contributed by atoms with Gasteiger partial charge in [-0.3, -0.25) is 4.99 Å². The fraction of sp³-hybridized carbons (Fsp3) is 0.486. The van der Waals surface area contributed by atoms with Gasteiger partial charge < -0.3 is 10.7 Å². The number of nitrogens with one attached hydrogen (secondary N) is 2. The Balaban J connectivity index is -0.000000586. The van der Waals surface area contributed by atoms with Crippen molar-refractivity contribution in [3.8, 4) is 0 Å². The second-order valence-corrected chi connectivity index (χ2v) is 8.40. The Labute approximate surface area is 237 Å². The molecule has 0 bridgehead atoms. The Morgan fingerprint density at radius 3 is 1.87 bits per heavy atom. The van der Waals surface area contributed by atoms with Crippen LogP contribution in [0.5, 0.6) is 0 Å². The van der Waals surface area contributed by atoms with Crippen molar-refractivity contribution in [2.45, 2.75) is 100 Å². The number of allylic oxidation sites excluding steroid dienone is 6. The van der Waals surface area contributed by atoms with Gasteiger partial charge in [0.05, 0.1) is 0 Å². The number of aliphatic imine (C=N–C) groups is 1. The molecule has 0 heterocycles. The molecule has 0 amide bonds. The van der Waals surface area contributed by atoms with Crippen LogP contribution in [0.4, 0.5) is 0 Å². The van der Waals surface area contributed by atoms with Crippen molar-refractivity contribution < 1.29 is 0 Å². The van der Waals surface area contributed by atoms with Crippen molar-refractivity contribution >= 4 is 19.0 Å². The Morgan fingerprint density at radius 1 is 1.03 bits per heavy atom. The maximum absolute atomic E-state index is 7.38. The van der Waals surface area contributed by atoms with Crippen LogP contribution >= 0.6 is 0 Å². The second kappa shape index (κ2) is 28.6. The van der Waals surface area contributed by atoms with Crippen LogP contribution in [-0.4, -0.2) is 20.0 Å². The minimum Gasteiger partial charge on any atom is -0.392 e. The summed E-state index contributed by atoms with van der Waals surface area (Å²) >= 11 is 0. The van der Waals surface area contributed by atoms with E-state index in [2.05, 4.69) is 75.2 Å². The Bertz CT molecular complexity index is 830. The molecule has 0 aromatic heterocycles. The molecule has 1 aromatic rings. The maximum atomic E-state index is 7.38. The molecule has 2 N–H and O–H groups in total. The Hall–Kier alpha value is -2.94. The lowest BCUT2D eigenvalue weighted by Gasteiger charge is -2.05. The molecule has 3 nitrogen and oxygen atoms in total. The van der Waals surface area contributed by atoms with Crippen molar-refractivity contribution in [3.63, 3.8) is 0 Å². The molecule has 0 unspecified atom stereocenters. The van der Waals surface area contributed by atoms with Gasteiger partial charge in [0.1, 0.15) is 0 Å². The molecular weight excluding hydrogens is 462 g/mol. The summed E-state index contributed by atoms with van der Waals surface area (Å²) in [7, 11) is 1.93. The molecule has 38 heavy (non-hydrogen) atoms. The van der Waals surface area contributed by atoms with E-state index >= 15 is 0 Å². The lowest BCUT2D eigenvalue weighted by molar-refractivity contribution is 0.702. The highest BCUT2D eigenvalue weighted by atomic mass is 14.8. The zero-order valence-corrected chi connectivity index (χ0v) is 26.3. The van der Waals surface area contributed by atoms with E-state index in [1.807, 2.05) is 53.8 Å². The molecule has 1 fully saturated rings. The monoisotopic (exact) mass is 521 g/mol. The summed E-state index contributed by atoms with van der Waals surface area (Å²) in [5.74, 6) is 0.810. The summed E-state index contributed by atoms with van der Waals surface area (Å²) in [6.45, 7) is 27.6. The van der Waals surface area contributed by atoms with Crippen LogP contribution in [0, 0.1) is 11.3 Å². The quantitative estimate of drug-likeness (QED) is 0.160. The number of unbranched alkanes of at least 4 members (excludes halogenated alkanes) is 3. The Morgan fingerprint density at radius 2 is 1.55 bits per heavy atom. The van der Waals surface area contributed by atoms with Gasteiger partial charge in [0.15, 0.2) is 0 Å². The molecule has 0 spiro atoms. The molecule has 1 saturated carbocycles. The van der Waals surface area contributed by atoms with Crippen LogP contribution in [0.1, 0.15) is 105 Å². The van der Waals surface area contributed by atoms with E-state index < -0.39 is 0 Å². The number of benzene rings is 1. The van der Waals surface area contributed by atoms with Gasteiger partial charge >= 0.3 is 0 Å². The highest BCUT2D eigenvalue weighted by Crippen LogP contribution is 2.33. The maximum Gasteiger partial charge on any atom is 0.0339 e. The molecule has 3 heteroatoms. The van der Waals surface area contributed by atoms with Crippen LogP contribution in [0.2, 0.25) is 0 Å². The van der Waals surface area contributed by atoms with Crippen molar-refractivity contribution in [2.75, 3.05) is 7.05 Å². The largest absolute Gasteiger partial charge is 0.392 e. The zero-order chi connectivity index (χ0) is 29.8. The highest BCUT2D eigenvalue weighted by molar-refractivity contribution is 5.80. The first-order valence-corrected chi connectivity index (χ1v) is 14.6. The van der Waals surface area contributed by atoms with E-state index in [1.165, 1.54) is 56.0 Å². The van der Waals surface area contributed by atoms with Crippen LogP contribution in [0.25, 0.3) is 6.08 Å². The average molecular weight is 522 g/mol. The molecule has 1 aliphatic rings. The van der Waals surface area contributed by atoms with Gasteiger partial charge in [-0.15, -0.1) is 0 Å². The predicted octanol–water partition coefficient (Wildman–Crippen LogP) is 10.8. The first-order valence-electron chi connectivity index (χ1n) is 14.6. The Kier molecular flexibility index (Phi) is 29.8. The summed E-state index contributed by atoms with van der Waals surface area (Å²) in [5, 5.41) is 10.4. The van der Waals surface area contributed by atoms with Crippen LogP contribution < -0.4 is 5.32 Å². The molecule has 1 aliphatic carbocycles. The summed E-state index contributed by atoms with van der Waals surface area (Å²) in [6.07, 6.45) is 18.0. The first-order chi connectivity index (χ1) is 18.4. The highest BCUT2D eigenvalue weighted by Gasteiger charge is 2.23. The number of aryl methyl sites for hydroxylation is 1. The van der Waals surface area contributed by atoms with Gasteiger partial charge in [0.2, 0.25) is 0 Å². The summed E-state index contributed by atoms with van der Waals surface area (Å²) in [4.78, 5) is 3.84. The molecule has 2 rings (SSSR count). The van der Waals surface area contributed by atoms with E-state index in [0.29, 0.717) is 0 Å².